The maximum atomic E-state index is 11.8. The molecule has 104 valence electrons. The van der Waals surface area contributed by atoms with Crippen LogP contribution in [0.2, 0.25) is 0 Å². The monoisotopic (exact) mass is 262 g/mol. The average molecular weight is 262 g/mol. The molecule has 1 aromatic rings. The highest BCUT2D eigenvalue weighted by molar-refractivity contribution is 5.81. The molecule has 1 N–H and O–H groups in total. The summed E-state index contributed by atoms with van der Waals surface area (Å²) in [5, 5.41) is 7.42. The maximum Gasteiger partial charge on any atom is 0.223 e. The second-order valence-electron chi connectivity index (χ2n) is 5.69. The van der Waals surface area contributed by atoms with Crippen LogP contribution in [0.5, 0.6) is 0 Å². The van der Waals surface area contributed by atoms with Gasteiger partial charge >= 0.3 is 0 Å². The molecule has 1 saturated carbocycles. The van der Waals surface area contributed by atoms with Crippen LogP contribution < -0.4 is 5.32 Å². The summed E-state index contributed by atoms with van der Waals surface area (Å²) in [5.74, 6) is 0.596. The molecule has 0 bridgehead atoms. The summed E-state index contributed by atoms with van der Waals surface area (Å²) in [5.41, 5.74) is 0. The Morgan fingerprint density at radius 1 is 1.32 bits per heavy atom. The molecule has 1 amide bonds. The molecule has 5 heteroatoms. The van der Waals surface area contributed by atoms with Crippen LogP contribution in [-0.2, 0) is 11.3 Å². The molecule has 1 atom stereocenters. The van der Waals surface area contributed by atoms with Gasteiger partial charge in [0.2, 0.25) is 5.91 Å². The zero-order valence-electron chi connectivity index (χ0n) is 11.3. The Balaban J connectivity index is 1.43. The molecule has 1 aliphatic heterocycles. The third-order valence-electron chi connectivity index (χ3n) is 4.00. The number of carbonyl (C=O) groups is 1. The van der Waals surface area contributed by atoms with Crippen LogP contribution in [0.3, 0.4) is 0 Å². The van der Waals surface area contributed by atoms with Gasteiger partial charge in [0, 0.05) is 37.4 Å². The van der Waals surface area contributed by atoms with E-state index in [9.17, 15) is 4.79 Å². The standard InChI is InChI=1S/C14H22N4O/c19-14(12-4-5-12)16-13-3-1-7-17(11-13)9-10-18-8-2-6-15-18/h2,6,8,12-13H,1,3-5,7,9-11H2,(H,16,19). The molecular weight excluding hydrogens is 240 g/mol. The van der Waals surface area contributed by atoms with E-state index in [1.165, 1.54) is 6.42 Å². The van der Waals surface area contributed by atoms with E-state index in [-0.39, 0.29) is 5.91 Å². The minimum Gasteiger partial charge on any atom is -0.352 e. The number of amides is 1. The number of nitrogens with zero attached hydrogens (tertiary/aromatic N) is 3. The van der Waals surface area contributed by atoms with Crippen molar-refractivity contribution in [2.24, 2.45) is 5.92 Å². The Morgan fingerprint density at radius 3 is 2.95 bits per heavy atom. The highest BCUT2D eigenvalue weighted by Crippen LogP contribution is 2.29. The predicted molar refractivity (Wildman–Crippen MR) is 72.6 cm³/mol. The Bertz CT molecular complexity index is 413. The summed E-state index contributed by atoms with van der Waals surface area (Å²) in [4.78, 5) is 14.2. The quantitative estimate of drug-likeness (QED) is 0.857. The van der Waals surface area contributed by atoms with Crippen molar-refractivity contribution in [1.29, 1.82) is 0 Å². The molecule has 0 radical (unpaired) electrons. The molecule has 0 spiro atoms. The first-order valence-corrected chi connectivity index (χ1v) is 7.31. The highest BCUT2D eigenvalue weighted by atomic mass is 16.2. The average Bonchev–Trinajstić information content (AvgIpc) is 3.14. The van der Waals surface area contributed by atoms with E-state index in [0.717, 1.165) is 45.4 Å². The smallest absolute Gasteiger partial charge is 0.223 e. The Morgan fingerprint density at radius 2 is 2.21 bits per heavy atom. The molecular formula is C14H22N4O. The molecule has 1 aliphatic carbocycles. The molecule has 5 nitrogen and oxygen atoms in total. The third kappa shape index (κ3) is 3.56. The lowest BCUT2D eigenvalue weighted by molar-refractivity contribution is -0.123. The van der Waals surface area contributed by atoms with E-state index in [1.54, 1.807) is 0 Å². The van der Waals surface area contributed by atoms with E-state index in [2.05, 4.69) is 15.3 Å². The van der Waals surface area contributed by atoms with Gasteiger partial charge in [-0.1, -0.05) is 0 Å². The summed E-state index contributed by atoms with van der Waals surface area (Å²) in [6.07, 6.45) is 8.28. The number of nitrogens with one attached hydrogen (secondary N) is 1. The number of carbonyl (C=O) groups excluding carboxylic acids is 1. The van der Waals surface area contributed by atoms with Gasteiger partial charge in [-0.2, -0.15) is 5.10 Å². The first-order chi connectivity index (χ1) is 9.31. The number of hydrogen-bond acceptors (Lipinski definition) is 3. The summed E-state index contributed by atoms with van der Waals surface area (Å²) in [6.45, 7) is 4.06. The van der Waals surface area contributed by atoms with Gasteiger partial charge in [-0.25, -0.2) is 0 Å². The van der Waals surface area contributed by atoms with Crippen molar-refractivity contribution in [1.82, 2.24) is 20.0 Å². The molecule has 1 saturated heterocycles. The Hall–Kier alpha value is -1.36. The van der Waals surface area contributed by atoms with Crippen molar-refractivity contribution in [2.45, 2.75) is 38.3 Å². The van der Waals surface area contributed by atoms with Crippen LogP contribution in [0.4, 0.5) is 0 Å². The lowest BCUT2D eigenvalue weighted by atomic mass is 10.1. The SMILES string of the molecule is O=C(NC1CCCN(CCn2cccn2)C1)C1CC1. The normalized spacial score (nSPS) is 24.3. The van der Waals surface area contributed by atoms with Crippen molar-refractivity contribution in [3.05, 3.63) is 18.5 Å². The van der Waals surface area contributed by atoms with Crippen molar-refractivity contribution < 1.29 is 4.79 Å². The number of rotatable bonds is 5. The molecule has 2 aliphatic rings. The van der Waals surface area contributed by atoms with Crippen molar-refractivity contribution in [3.8, 4) is 0 Å². The first-order valence-electron chi connectivity index (χ1n) is 7.31. The highest BCUT2D eigenvalue weighted by Gasteiger charge is 2.31. The zero-order chi connectivity index (χ0) is 13.1. The van der Waals surface area contributed by atoms with Crippen LogP contribution in [0.1, 0.15) is 25.7 Å². The van der Waals surface area contributed by atoms with Crippen molar-refractivity contribution in [3.63, 3.8) is 0 Å². The van der Waals surface area contributed by atoms with E-state index in [1.807, 2.05) is 23.1 Å². The largest absolute Gasteiger partial charge is 0.352 e. The van der Waals surface area contributed by atoms with E-state index in [0.29, 0.717) is 12.0 Å². The fraction of sp³-hybridized carbons (Fsp3) is 0.714. The minimum atomic E-state index is 0.277. The third-order valence-corrected chi connectivity index (χ3v) is 4.00. The Labute approximate surface area is 114 Å². The van der Waals surface area contributed by atoms with E-state index >= 15 is 0 Å². The molecule has 1 aromatic heterocycles. The van der Waals surface area contributed by atoms with Gasteiger partial charge in [-0.15, -0.1) is 0 Å². The molecule has 2 fully saturated rings. The van der Waals surface area contributed by atoms with E-state index in [4.69, 9.17) is 0 Å². The lowest BCUT2D eigenvalue weighted by Crippen LogP contribution is -2.48. The second kappa shape index (κ2) is 5.74. The number of hydrogen-bond donors (Lipinski definition) is 1. The molecule has 1 unspecified atom stereocenters. The van der Waals surface area contributed by atoms with Gasteiger partial charge in [-0.05, 0) is 38.3 Å². The van der Waals surface area contributed by atoms with Gasteiger partial charge < -0.3 is 5.32 Å². The second-order valence-corrected chi connectivity index (χ2v) is 5.69. The first kappa shape index (κ1) is 12.7. The zero-order valence-corrected chi connectivity index (χ0v) is 11.3. The lowest BCUT2D eigenvalue weighted by Gasteiger charge is -2.33. The molecule has 0 aromatic carbocycles. The fourth-order valence-electron chi connectivity index (χ4n) is 2.72. The maximum absolute atomic E-state index is 11.8. The van der Waals surface area contributed by atoms with Gasteiger partial charge in [0.15, 0.2) is 0 Å². The minimum absolute atomic E-state index is 0.277. The number of aromatic nitrogens is 2. The van der Waals surface area contributed by atoms with Crippen LogP contribution >= 0.6 is 0 Å². The summed E-state index contributed by atoms with van der Waals surface area (Å²) < 4.78 is 1.96. The van der Waals surface area contributed by atoms with Gasteiger partial charge in [0.25, 0.3) is 0 Å². The topological polar surface area (TPSA) is 50.2 Å². The van der Waals surface area contributed by atoms with Crippen LogP contribution in [-0.4, -0.2) is 46.3 Å². The van der Waals surface area contributed by atoms with Gasteiger partial charge in [0.05, 0.1) is 6.54 Å². The molecule has 2 heterocycles. The fourth-order valence-corrected chi connectivity index (χ4v) is 2.72. The van der Waals surface area contributed by atoms with Crippen LogP contribution in [0.15, 0.2) is 18.5 Å². The number of piperidine rings is 1. The van der Waals surface area contributed by atoms with Crippen LogP contribution in [0.25, 0.3) is 0 Å². The van der Waals surface area contributed by atoms with Crippen molar-refractivity contribution >= 4 is 5.91 Å². The predicted octanol–water partition coefficient (Wildman–Crippen LogP) is 0.874. The Kier molecular flexibility index (Phi) is 3.82. The van der Waals surface area contributed by atoms with Crippen molar-refractivity contribution in [2.75, 3.05) is 19.6 Å². The van der Waals surface area contributed by atoms with Gasteiger partial charge in [-0.3, -0.25) is 14.4 Å². The summed E-state index contributed by atoms with van der Waals surface area (Å²) in [6, 6.07) is 2.30. The molecule has 19 heavy (non-hydrogen) atoms. The summed E-state index contributed by atoms with van der Waals surface area (Å²) in [7, 11) is 0. The summed E-state index contributed by atoms with van der Waals surface area (Å²) >= 11 is 0. The van der Waals surface area contributed by atoms with Crippen LogP contribution in [0, 0.1) is 5.92 Å². The number of likely N-dealkylation sites (tertiary alicyclic amines) is 1. The van der Waals surface area contributed by atoms with Gasteiger partial charge in [0.1, 0.15) is 0 Å². The molecule has 3 rings (SSSR count). The van der Waals surface area contributed by atoms with E-state index < -0.39 is 0 Å².